The highest BCUT2D eigenvalue weighted by atomic mass is 32.2. The number of carbonyl (C=O) groups is 1. The molecule has 3 aromatic rings. The summed E-state index contributed by atoms with van der Waals surface area (Å²) in [5.74, 6) is -0.566. The zero-order chi connectivity index (χ0) is 28.4. The molecule has 39 heavy (non-hydrogen) atoms. The lowest BCUT2D eigenvalue weighted by Gasteiger charge is -2.31. The van der Waals surface area contributed by atoms with E-state index in [9.17, 15) is 21.8 Å². The standard InChI is InChI=1S/C24H31FN6O6S2/c1-16-19(24(32)29-38(3,33)11-10-36-2)14-31-22(16)23(26-15-27-31)28-20-8-7-17(25)12-21(20)37-18-6-5-9-30(13-18)39(4,34)35/h7-8,11-12,14-15,18H,5-6,9-10,13H2,1-4H3,(H,26,27,28)(H,29,32,33). The number of hydrogen-bond donors (Lipinski definition) is 2. The predicted octanol–water partition coefficient (Wildman–Crippen LogP) is 1.73. The third-order valence-corrected chi connectivity index (χ3v) is 8.85. The average Bonchev–Trinajstić information content (AvgIpc) is 3.21. The van der Waals surface area contributed by atoms with Gasteiger partial charge in [0.2, 0.25) is 10.0 Å². The molecule has 1 amide bonds. The molecule has 4 rings (SSSR count). The molecule has 0 bridgehead atoms. The van der Waals surface area contributed by atoms with Crippen LogP contribution in [-0.2, 0) is 24.5 Å². The topological polar surface area (TPSA) is 144 Å². The quantitative estimate of drug-likeness (QED) is 0.361. The molecule has 12 nitrogen and oxygen atoms in total. The number of halogens is 1. The molecule has 3 heterocycles. The van der Waals surface area contributed by atoms with Gasteiger partial charge < -0.3 is 14.8 Å². The lowest BCUT2D eigenvalue weighted by atomic mass is 10.1. The van der Waals surface area contributed by atoms with Crippen LogP contribution in [0.15, 0.2) is 30.7 Å². The second-order valence-corrected chi connectivity index (χ2v) is 13.6. The minimum atomic E-state index is -3.38. The minimum absolute atomic E-state index is 0.112. The van der Waals surface area contributed by atoms with Gasteiger partial charge in [-0.3, -0.25) is 9.52 Å². The maximum Gasteiger partial charge on any atom is 0.264 e. The van der Waals surface area contributed by atoms with E-state index >= 15 is 0 Å². The molecule has 2 atom stereocenters. The Kier molecular flexibility index (Phi) is 8.44. The van der Waals surface area contributed by atoms with Crippen molar-refractivity contribution in [1.29, 1.82) is 0 Å². The van der Waals surface area contributed by atoms with Crippen molar-refractivity contribution in [2.24, 2.45) is 0 Å². The first kappa shape index (κ1) is 28.7. The fourth-order valence-corrected chi connectivity index (χ4v) is 6.12. The number of nitrogens with one attached hydrogen (secondary N) is 2. The van der Waals surface area contributed by atoms with Crippen LogP contribution in [0.4, 0.5) is 15.9 Å². The van der Waals surface area contributed by atoms with E-state index in [1.807, 2.05) is 0 Å². The molecule has 2 N–H and O–H groups in total. The number of rotatable bonds is 9. The van der Waals surface area contributed by atoms with Gasteiger partial charge in [-0.1, -0.05) is 0 Å². The van der Waals surface area contributed by atoms with Crippen LogP contribution >= 0.6 is 0 Å². The van der Waals surface area contributed by atoms with Gasteiger partial charge in [-0.25, -0.2) is 26.5 Å². The Morgan fingerprint density at radius 2 is 2.05 bits per heavy atom. The van der Waals surface area contributed by atoms with Crippen LogP contribution in [-0.4, -0.2) is 88.2 Å². The normalized spacial score (nSPS) is 17.9. The average molecular weight is 583 g/mol. The zero-order valence-electron chi connectivity index (χ0n) is 22.0. The third kappa shape index (κ3) is 6.84. The highest BCUT2D eigenvalue weighted by Gasteiger charge is 2.28. The number of benzene rings is 1. The van der Waals surface area contributed by atoms with Gasteiger partial charge in [0.05, 0.1) is 40.4 Å². The summed E-state index contributed by atoms with van der Waals surface area (Å²) in [5.41, 5.74) is 1.64. The van der Waals surface area contributed by atoms with E-state index in [-0.39, 0.29) is 24.5 Å². The van der Waals surface area contributed by atoms with E-state index in [0.717, 1.165) is 6.26 Å². The number of carbonyl (C=O) groups excluding carboxylic acids is 1. The van der Waals surface area contributed by atoms with Gasteiger partial charge in [-0.2, -0.15) is 9.40 Å². The van der Waals surface area contributed by atoms with Crippen LogP contribution in [0.2, 0.25) is 0 Å². The first-order valence-corrected chi connectivity index (χ1v) is 15.9. The maximum absolute atomic E-state index is 14.2. The number of nitrogens with zero attached hydrogens (tertiary/aromatic N) is 4. The second kappa shape index (κ2) is 11.5. The Morgan fingerprint density at radius 3 is 2.77 bits per heavy atom. The number of hydrogen-bond acceptors (Lipinski definition) is 9. The van der Waals surface area contributed by atoms with Gasteiger partial charge in [-0.05, 0) is 37.5 Å². The maximum atomic E-state index is 14.2. The minimum Gasteiger partial charge on any atom is -0.487 e. The van der Waals surface area contributed by atoms with Crippen molar-refractivity contribution >= 4 is 48.0 Å². The van der Waals surface area contributed by atoms with E-state index in [2.05, 4.69) is 20.1 Å². The Morgan fingerprint density at radius 1 is 1.28 bits per heavy atom. The van der Waals surface area contributed by atoms with Crippen LogP contribution in [0.5, 0.6) is 5.75 Å². The molecule has 1 aromatic carbocycles. The summed E-state index contributed by atoms with van der Waals surface area (Å²) in [7, 11) is -4.72. The van der Waals surface area contributed by atoms with Crippen molar-refractivity contribution in [3.63, 3.8) is 0 Å². The first-order valence-electron chi connectivity index (χ1n) is 12.0. The molecule has 2 aromatic heterocycles. The van der Waals surface area contributed by atoms with Crippen molar-refractivity contribution in [3.8, 4) is 5.75 Å². The van der Waals surface area contributed by atoms with E-state index in [0.29, 0.717) is 42.0 Å². The number of fused-ring (bicyclic) bond motifs is 1. The summed E-state index contributed by atoms with van der Waals surface area (Å²) in [6, 6.07) is 3.97. The molecule has 0 aliphatic carbocycles. The van der Waals surface area contributed by atoms with Gasteiger partial charge in [0, 0.05) is 37.5 Å². The smallest absolute Gasteiger partial charge is 0.264 e. The Balaban J connectivity index is 1.63. The zero-order valence-corrected chi connectivity index (χ0v) is 23.6. The fraction of sp³-hybridized carbons (Fsp3) is 0.417. The Hall–Kier alpha value is -3.27. The van der Waals surface area contributed by atoms with Crippen molar-refractivity contribution in [2.75, 3.05) is 44.6 Å². The fourth-order valence-electron chi connectivity index (χ4n) is 4.27. The molecular weight excluding hydrogens is 551 g/mol. The summed E-state index contributed by atoms with van der Waals surface area (Å²) in [6.07, 6.45) is 6.10. The SMILES string of the molecule is COCC=S(C)(=O)NC(=O)c1cn2ncnc(Nc3ccc(F)cc3OC3CCCN(S(C)(=O)=O)C3)c2c1C. The molecule has 1 aliphatic rings. The van der Waals surface area contributed by atoms with Gasteiger partial charge in [0.1, 0.15) is 29.5 Å². The van der Waals surface area contributed by atoms with E-state index in [1.54, 1.807) is 6.92 Å². The van der Waals surface area contributed by atoms with Crippen LogP contribution in [0, 0.1) is 12.7 Å². The number of aromatic nitrogens is 3. The van der Waals surface area contributed by atoms with Crippen LogP contribution in [0.1, 0.15) is 28.8 Å². The summed E-state index contributed by atoms with van der Waals surface area (Å²) in [5, 5.41) is 8.71. The number of methoxy groups -OCH3 is 1. The summed E-state index contributed by atoms with van der Waals surface area (Å²) >= 11 is 0. The van der Waals surface area contributed by atoms with Crippen molar-refractivity contribution in [2.45, 2.75) is 25.9 Å². The van der Waals surface area contributed by atoms with E-state index in [4.69, 9.17) is 9.47 Å². The number of piperidine rings is 1. The molecule has 1 saturated heterocycles. The number of aryl methyl sites for hydroxylation is 1. The molecule has 0 spiro atoms. The van der Waals surface area contributed by atoms with Gasteiger partial charge >= 0.3 is 0 Å². The third-order valence-electron chi connectivity index (χ3n) is 6.22. The lowest BCUT2D eigenvalue weighted by Crippen LogP contribution is -2.43. The molecule has 2 unspecified atom stereocenters. The molecule has 15 heteroatoms. The first-order chi connectivity index (χ1) is 18.4. The number of anilines is 2. The van der Waals surface area contributed by atoms with Gasteiger partial charge in [0.15, 0.2) is 5.82 Å². The molecule has 0 saturated carbocycles. The van der Waals surface area contributed by atoms with Crippen LogP contribution in [0.3, 0.4) is 0 Å². The molecule has 212 valence electrons. The number of sulfonamides is 1. The Labute approximate surface area is 226 Å². The predicted molar refractivity (Wildman–Crippen MR) is 147 cm³/mol. The number of ether oxygens (including phenoxy) is 2. The van der Waals surface area contributed by atoms with Crippen LogP contribution < -0.4 is 14.8 Å². The Bertz CT molecular complexity index is 1620. The van der Waals surface area contributed by atoms with Gasteiger partial charge in [0.25, 0.3) is 5.91 Å². The molecule has 0 radical (unpaired) electrons. The molecule has 1 aliphatic heterocycles. The summed E-state index contributed by atoms with van der Waals surface area (Å²) in [6.45, 7) is 2.39. The summed E-state index contributed by atoms with van der Waals surface area (Å²) < 4.78 is 67.2. The molecule has 1 fully saturated rings. The van der Waals surface area contributed by atoms with E-state index < -0.39 is 37.6 Å². The number of amides is 1. The highest BCUT2D eigenvalue weighted by Crippen LogP contribution is 2.33. The summed E-state index contributed by atoms with van der Waals surface area (Å²) in [4.78, 5) is 17.3. The highest BCUT2D eigenvalue weighted by molar-refractivity contribution is 7.99. The van der Waals surface area contributed by atoms with Crippen molar-refractivity contribution < 1.29 is 31.3 Å². The largest absolute Gasteiger partial charge is 0.487 e. The van der Waals surface area contributed by atoms with Crippen molar-refractivity contribution in [3.05, 3.63) is 47.7 Å². The van der Waals surface area contributed by atoms with Gasteiger partial charge in [-0.15, -0.1) is 0 Å². The second-order valence-electron chi connectivity index (χ2n) is 9.30. The van der Waals surface area contributed by atoms with E-state index in [1.165, 1.54) is 58.3 Å². The monoisotopic (exact) mass is 582 g/mol. The lowest BCUT2D eigenvalue weighted by molar-refractivity contribution is 0.0982. The van der Waals surface area contributed by atoms with Crippen LogP contribution in [0.25, 0.3) is 5.52 Å². The molecular formula is C24H31FN6O6S2. The van der Waals surface area contributed by atoms with Crippen molar-refractivity contribution in [1.82, 2.24) is 23.6 Å².